The van der Waals surface area contributed by atoms with Gasteiger partial charge < -0.3 is 5.43 Å². The molecule has 0 aromatic heterocycles. The summed E-state index contributed by atoms with van der Waals surface area (Å²) < 4.78 is 0. The Bertz CT molecular complexity index is 172. The van der Waals surface area contributed by atoms with Crippen LogP contribution in [0.4, 0.5) is 0 Å². The van der Waals surface area contributed by atoms with Crippen molar-refractivity contribution in [3.05, 3.63) is 11.3 Å². The number of hydrogen-bond acceptors (Lipinski definition) is 2. The average Bonchev–Trinajstić information content (AvgIpc) is 2.33. The summed E-state index contributed by atoms with van der Waals surface area (Å²) in [7, 11) is 0. The first-order valence-corrected chi connectivity index (χ1v) is 4.06. The molecule has 1 aliphatic carbocycles. The van der Waals surface area contributed by atoms with Crippen LogP contribution in [0, 0.1) is 5.92 Å². The van der Waals surface area contributed by atoms with E-state index in [1.165, 1.54) is 25.0 Å². The molecule has 0 aromatic rings. The third kappa shape index (κ3) is 0.926. The summed E-state index contributed by atoms with van der Waals surface area (Å²) >= 11 is 0. The van der Waals surface area contributed by atoms with Gasteiger partial charge in [-0.1, -0.05) is 6.92 Å². The fourth-order valence-corrected chi connectivity index (χ4v) is 1.80. The molecule has 0 fully saturated rings. The summed E-state index contributed by atoms with van der Waals surface area (Å²) in [5.41, 5.74) is 9.45. The van der Waals surface area contributed by atoms with Crippen molar-refractivity contribution in [3.63, 3.8) is 0 Å². The summed E-state index contributed by atoms with van der Waals surface area (Å²) in [5, 5.41) is 0. The quantitative estimate of drug-likeness (QED) is 0.525. The van der Waals surface area contributed by atoms with Gasteiger partial charge in [0.2, 0.25) is 0 Å². The Labute approximate surface area is 61.7 Å². The molecule has 0 saturated heterocycles. The molecule has 56 valence electrons. The van der Waals surface area contributed by atoms with Gasteiger partial charge in [0.1, 0.15) is 0 Å². The maximum Gasteiger partial charge on any atom is 0.0378 e. The molecule has 2 nitrogen and oxygen atoms in total. The largest absolute Gasteiger partial charge is 0.325 e. The molecule has 2 rings (SSSR count). The molecule has 0 amide bonds. The van der Waals surface area contributed by atoms with E-state index >= 15 is 0 Å². The van der Waals surface area contributed by atoms with Crippen molar-refractivity contribution in [1.29, 1.82) is 0 Å². The van der Waals surface area contributed by atoms with Gasteiger partial charge in [-0.3, -0.25) is 0 Å². The minimum Gasteiger partial charge on any atom is -0.325 e. The molecule has 10 heavy (non-hydrogen) atoms. The Morgan fingerprint density at radius 2 is 2.40 bits per heavy atom. The van der Waals surface area contributed by atoms with E-state index in [-0.39, 0.29) is 0 Å². The van der Waals surface area contributed by atoms with Gasteiger partial charge in [0.05, 0.1) is 0 Å². The van der Waals surface area contributed by atoms with Crippen molar-refractivity contribution in [2.75, 3.05) is 6.54 Å². The van der Waals surface area contributed by atoms with E-state index in [9.17, 15) is 0 Å². The van der Waals surface area contributed by atoms with Crippen LogP contribution < -0.4 is 10.9 Å². The molecule has 2 aliphatic rings. The standard InChI is InChI=1S/C8H14N2/c1-6-2-3-8-7(4-6)5-9-10-8/h6,9-10H,2-5H2,1H3. The van der Waals surface area contributed by atoms with Crippen LogP contribution in [0.5, 0.6) is 0 Å². The van der Waals surface area contributed by atoms with Crippen molar-refractivity contribution in [2.24, 2.45) is 5.92 Å². The molecule has 0 radical (unpaired) electrons. The lowest BCUT2D eigenvalue weighted by atomic mass is 9.89. The van der Waals surface area contributed by atoms with E-state index in [1.807, 2.05) is 0 Å². The normalized spacial score (nSPS) is 31.9. The van der Waals surface area contributed by atoms with Crippen molar-refractivity contribution in [1.82, 2.24) is 10.9 Å². The smallest absolute Gasteiger partial charge is 0.0378 e. The first-order chi connectivity index (χ1) is 4.86. The lowest BCUT2D eigenvalue weighted by Gasteiger charge is -2.18. The highest BCUT2D eigenvalue weighted by Gasteiger charge is 2.20. The monoisotopic (exact) mass is 138 g/mol. The second-order valence-electron chi connectivity index (χ2n) is 3.41. The van der Waals surface area contributed by atoms with Crippen LogP contribution in [-0.2, 0) is 0 Å². The first-order valence-electron chi connectivity index (χ1n) is 4.06. The topological polar surface area (TPSA) is 24.1 Å². The van der Waals surface area contributed by atoms with E-state index in [0.717, 1.165) is 12.5 Å². The summed E-state index contributed by atoms with van der Waals surface area (Å²) in [5.74, 6) is 0.903. The lowest BCUT2D eigenvalue weighted by Crippen LogP contribution is -2.23. The number of rotatable bonds is 0. The third-order valence-corrected chi connectivity index (χ3v) is 2.45. The average molecular weight is 138 g/mol. The van der Waals surface area contributed by atoms with Crippen LogP contribution in [0.15, 0.2) is 11.3 Å². The maximum absolute atomic E-state index is 3.21. The maximum atomic E-state index is 3.21. The predicted molar refractivity (Wildman–Crippen MR) is 41.2 cm³/mol. The Kier molecular flexibility index (Phi) is 1.42. The van der Waals surface area contributed by atoms with Gasteiger partial charge >= 0.3 is 0 Å². The van der Waals surface area contributed by atoms with E-state index in [1.54, 1.807) is 5.57 Å². The highest BCUT2D eigenvalue weighted by Crippen LogP contribution is 2.28. The second kappa shape index (κ2) is 2.27. The van der Waals surface area contributed by atoms with E-state index in [4.69, 9.17) is 0 Å². The van der Waals surface area contributed by atoms with Gasteiger partial charge in [0, 0.05) is 12.2 Å². The summed E-state index contributed by atoms with van der Waals surface area (Å²) in [6, 6.07) is 0. The number of hydrogen-bond donors (Lipinski definition) is 2. The molecule has 1 heterocycles. The molecule has 0 aromatic carbocycles. The van der Waals surface area contributed by atoms with Crippen LogP contribution in [-0.4, -0.2) is 6.54 Å². The van der Waals surface area contributed by atoms with Gasteiger partial charge in [-0.25, -0.2) is 5.43 Å². The Morgan fingerprint density at radius 3 is 3.30 bits per heavy atom. The SMILES string of the molecule is CC1CCC2=C(CNN2)C1. The van der Waals surface area contributed by atoms with Gasteiger partial charge in [-0.2, -0.15) is 0 Å². The molecule has 1 atom stereocenters. The second-order valence-corrected chi connectivity index (χ2v) is 3.41. The third-order valence-electron chi connectivity index (χ3n) is 2.45. The van der Waals surface area contributed by atoms with Gasteiger partial charge in [0.25, 0.3) is 0 Å². The summed E-state index contributed by atoms with van der Waals surface area (Å²) in [6.07, 6.45) is 3.91. The van der Waals surface area contributed by atoms with Crippen LogP contribution in [0.1, 0.15) is 26.2 Å². The molecular formula is C8H14N2. The highest BCUT2D eigenvalue weighted by atomic mass is 15.4. The van der Waals surface area contributed by atoms with Crippen LogP contribution in [0.25, 0.3) is 0 Å². The van der Waals surface area contributed by atoms with Crippen molar-refractivity contribution in [3.8, 4) is 0 Å². The minimum absolute atomic E-state index is 0.903. The van der Waals surface area contributed by atoms with Gasteiger partial charge in [-0.15, -0.1) is 0 Å². The molecule has 1 aliphatic heterocycles. The summed E-state index contributed by atoms with van der Waals surface area (Å²) in [6.45, 7) is 3.40. The minimum atomic E-state index is 0.903. The molecule has 2 N–H and O–H groups in total. The van der Waals surface area contributed by atoms with E-state index in [2.05, 4.69) is 17.8 Å². The fraction of sp³-hybridized carbons (Fsp3) is 0.750. The van der Waals surface area contributed by atoms with Gasteiger partial charge in [-0.05, 0) is 30.8 Å². The molecule has 0 bridgehead atoms. The Hall–Kier alpha value is -0.500. The van der Waals surface area contributed by atoms with Crippen LogP contribution in [0.2, 0.25) is 0 Å². The first kappa shape index (κ1) is 6.23. The van der Waals surface area contributed by atoms with E-state index < -0.39 is 0 Å². The number of allylic oxidation sites excluding steroid dienone is 1. The zero-order chi connectivity index (χ0) is 6.97. The van der Waals surface area contributed by atoms with E-state index in [0.29, 0.717) is 0 Å². The lowest BCUT2D eigenvalue weighted by molar-refractivity contribution is 0.494. The highest BCUT2D eigenvalue weighted by molar-refractivity contribution is 5.20. The zero-order valence-electron chi connectivity index (χ0n) is 6.41. The summed E-state index contributed by atoms with van der Waals surface area (Å²) in [4.78, 5) is 0. The number of nitrogens with one attached hydrogen (secondary N) is 2. The van der Waals surface area contributed by atoms with Crippen molar-refractivity contribution >= 4 is 0 Å². The molecule has 0 saturated carbocycles. The fourth-order valence-electron chi connectivity index (χ4n) is 1.80. The van der Waals surface area contributed by atoms with Gasteiger partial charge in [0.15, 0.2) is 0 Å². The predicted octanol–water partition coefficient (Wildman–Crippen LogP) is 1.17. The van der Waals surface area contributed by atoms with Crippen LogP contribution >= 0.6 is 0 Å². The molecular weight excluding hydrogens is 124 g/mol. The zero-order valence-corrected chi connectivity index (χ0v) is 6.41. The molecule has 1 unspecified atom stereocenters. The Balaban J connectivity index is 2.13. The number of hydrazine groups is 1. The molecule has 0 spiro atoms. The Morgan fingerprint density at radius 1 is 1.50 bits per heavy atom. The molecule has 2 heteroatoms. The van der Waals surface area contributed by atoms with Crippen LogP contribution in [0.3, 0.4) is 0 Å². The van der Waals surface area contributed by atoms with Crippen molar-refractivity contribution < 1.29 is 0 Å². The van der Waals surface area contributed by atoms with Crippen molar-refractivity contribution in [2.45, 2.75) is 26.2 Å².